The van der Waals surface area contributed by atoms with E-state index in [2.05, 4.69) is 22.0 Å². The molecule has 1 heterocycles. The van der Waals surface area contributed by atoms with Gasteiger partial charge in [0, 0.05) is 18.9 Å². The molecule has 0 aliphatic carbocycles. The summed E-state index contributed by atoms with van der Waals surface area (Å²) in [5.74, 6) is 0.763. The van der Waals surface area contributed by atoms with Gasteiger partial charge in [0.15, 0.2) is 0 Å². The SMILES string of the molecule is CCCNCc1nccn1CCC(=O)OC. The molecule has 0 aliphatic heterocycles. The van der Waals surface area contributed by atoms with E-state index in [9.17, 15) is 4.79 Å². The third-order valence-corrected chi connectivity index (χ3v) is 2.30. The number of methoxy groups -OCH3 is 1. The number of imidazole rings is 1. The highest BCUT2D eigenvalue weighted by Crippen LogP contribution is 2.00. The zero-order chi connectivity index (χ0) is 11.8. The van der Waals surface area contributed by atoms with Crippen molar-refractivity contribution < 1.29 is 9.53 Å². The van der Waals surface area contributed by atoms with Gasteiger partial charge < -0.3 is 14.6 Å². The Labute approximate surface area is 95.8 Å². The van der Waals surface area contributed by atoms with Gasteiger partial charge in [0.05, 0.1) is 20.1 Å². The first-order chi connectivity index (χ1) is 7.77. The zero-order valence-corrected chi connectivity index (χ0v) is 9.90. The van der Waals surface area contributed by atoms with Crippen LogP contribution in [-0.4, -0.2) is 29.2 Å². The van der Waals surface area contributed by atoms with Crippen LogP contribution in [0.4, 0.5) is 0 Å². The number of ether oxygens (including phenoxy) is 1. The Bertz CT molecular complexity index is 323. The lowest BCUT2D eigenvalue weighted by Gasteiger charge is -2.07. The minimum atomic E-state index is -0.193. The summed E-state index contributed by atoms with van der Waals surface area (Å²) in [4.78, 5) is 15.2. The van der Waals surface area contributed by atoms with E-state index < -0.39 is 0 Å². The van der Waals surface area contributed by atoms with Crippen LogP contribution in [0.1, 0.15) is 25.6 Å². The van der Waals surface area contributed by atoms with E-state index >= 15 is 0 Å². The van der Waals surface area contributed by atoms with Gasteiger partial charge in [0.25, 0.3) is 0 Å². The van der Waals surface area contributed by atoms with Crippen LogP contribution in [0.2, 0.25) is 0 Å². The maximum absolute atomic E-state index is 11.0. The predicted octanol–water partition coefficient (Wildman–Crippen LogP) is 0.946. The Morgan fingerprint density at radius 1 is 1.62 bits per heavy atom. The van der Waals surface area contributed by atoms with Crippen LogP contribution in [0.25, 0.3) is 0 Å². The first-order valence-electron chi connectivity index (χ1n) is 5.55. The number of rotatable bonds is 7. The van der Waals surface area contributed by atoms with Gasteiger partial charge in [-0.3, -0.25) is 4.79 Å². The van der Waals surface area contributed by atoms with Crippen molar-refractivity contribution in [3.05, 3.63) is 18.2 Å². The highest BCUT2D eigenvalue weighted by molar-refractivity contribution is 5.68. The molecular formula is C11H19N3O2. The molecule has 0 atom stereocenters. The summed E-state index contributed by atoms with van der Waals surface area (Å²) in [7, 11) is 1.40. The average Bonchev–Trinajstić information content (AvgIpc) is 2.74. The molecule has 0 aliphatic rings. The fourth-order valence-electron chi connectivity index (χ4n) is 1.40. The molecule has 0 bridgehead atoms. The maximum atomic E-state index is 11.0. The van der Waals surface area contributed by atoms with E-state index in [-0.39, 0.29) is 5.97 Å². The molecule has 0 unspecified atom stereocenters. The summed E-state index contributed by atoms with van der Waals surface area (Å²) in [6.07, 6.45) is 5.11. The molecule has 0 fully saturated rings. The molecule has 5 heteroatoms. The Morgan fingerprint density at radius 3 is 3.12 bits per heavy atom. The van der Waals surface area contributed by atoms with Crippen LogP contribution in [0, 0.1) is 0 Å². The van der Waals surface area contributed by atoms with Crippen LogP contribution in [-0.2, 0) is 22.6 Å². The van der Waals surface area contributed by atoms with E-state index in [4.69, 9.17) is 0 Å². The zero-order valence-electron chi connectivity index (χ0n) is 9.90. The molecule has 16 heavy (non-hydrogen) atoms. The number of aromatic nitrogens is 2. The highest BCUT2D eigenvalue weighted by atomic mass is 16.5. The minimum absolute atomic E-state index is 0.193. The first kappa shape index (κ1) is 12.7. The highest BCUT2D eigenvalue weighted by Gasteiger charge is 2.05. The number of hydrogen-bond donors (Lipinski definition) is 1. The predicted molar refractivity (Wildman–Crippen MR) is 60.9 cm³/mol. The Morgan fingerprint density at radius 2 is 2.44 bits per heavy atom. The Kier molecular flexibility index (Phi) is 5.56. The van der Waals surface area contributed by atoms with Crippen molar-refractivity contribution in [3.8, 4) is 0 Å². The van der Waals surface area contributed by atoms with Gasteiger partial charge in [0.2, 0.25) is 0 Å². The summed E-state index contributed by atoms with van der Waals surface area (Å²) >= 11 is 0. The second-order valence-electron chi connectivity index (χ2n) is 3.54. The van der Waals surface area contributed by atoms with Gasteiger partial charge in [0.1, 0.15) is 5.82 Å². The van der Waals surface area contributed by atoms with Gasteiger partial charge in [-0.15, -0.1) is 0 Å². The van der Waals surface area contributed by atoms with Crippen LogP contribution < -0.4 is 5.32 Å². The monoisotopic (exact) mass is 225 g/mol. The fraction of sp³-hybridized carbons (Fsp3) is 0.636. The van der Waals surface area contributed by atoms with E-state index in [1.165, 1.54) is 7.11 Å². The van der Waals surface area contributed by atoms with Gasteiger partial charge in [-0.2, -0.15) is 0 Å². The third kappa shape index (κ3) is 4.02. The van der Waals surface area contributed by atoms with Crippen LogP contribution in [0.15, 0.2) is 12.4 Å². The smallest absolute Gasteiger partial charge is 0.307 e. The summed E-state index contributed by atoms with van der Waals surface area (Å²) in [5.41, 5.74) is 0. The van der Waals surface area contributed by atoms with Crippen LogP contribution in [0.5, 0.6) is 0 Å². The van der Waals surface area contributed by atoms with Crippen molar-refractivity contribution in [2.45, 2.75) is 32.9 Å². The topological polar surface area (TPSA) is 56.2 Å². The number of esters is 1. The minimum Gasteiger partial charge on any atom is -0.469 e. The van der Waals surface area contributed by atoms with Crippen molar-refractivity contribution in [2.75, 3.05) is 13.7 Å². The second kappa shape index (κ2) is 7.00. The molecule has 5 nitrogen and oxygen atoms in total. The largest absolute Gasteiger partial charge is 0.469 e. The standard InChI is InChI=1S/C11H19N3O2/c1-3-5-12-9-10-13-6-8-14(10)7-4-11(15)16-2/h6,8,12H,3-5,7,9H2,1-2H3. The third-order valence-electron chi connectivity index (χ3n) is 2.30. The summed E-state index contributed by atoms with van der Waals surface area (Å²) in [6.45, 7) is 4.46. The summed E-state index contributed by atoms with van der Waals surface area (Å²) in [5, 5.41) is 3.28. The lowest BCUT2D eigenvalue weighted by Crippen LogP contribution is -2.18. The molecule has 1 N–H and O–H groups in total. The molecule has 1 rings (SSSR count). The molecular weight excluding hydrogens is 206 g/mol. The first-order valence-corrected chi connectivity index (χ1v) is 5.55. The molecule has 0 saturated carbocycles. The van der Waals surface area contributed by atoms with Crippen LogP contribution >= 0.6 is 0 Å². The number of nitrogens with zero attached hydrogens (tertiary/aromatic N) is 2. The Balaban J connectivity index is 2.40. The van der Waals surface area contributed by atoms with E-state index in [0.29, 0.717) is 13.0 Å². The van der Waals surface area contributed by atoms with E-state index in [1.54, 1.807) is 6.20 Å². The Hall–Kier alpha value is -1.36. The number of carbonyl (C=O) groups is 1. The fourth-order valence-corrected chi connectivity index (χ4v) is 1.40. The number of aryl methyl sites for hydroxylation is 1. The lowest BCUT2D eigenvalue weighted by atomic mass is 10.4. The van der Waals surface area contributed by atoms with E-state index in [1.807, 2.05) is 10.8 Å². The van der Waals surface area contributed by atoms with Crippen molar-refractivity contribution in [2.24, 2.45) is 0 Å². The summed E-state index contributed by atoms with van der Waals surface area (Å²) < 4.78 is 6.57. The summed E-state index contributed by atoms with van der Waals surface area (Å²) in [6, 6.07) is 0. The molecule has 0 spiro atoms. The van der Waals surface area contributed by atoms with Gasteiger partial charge >= 0.3 is 5.97 Å². The van der Waals surface area contributed by atoms with Crippen molar-refractivity contribution >= 4 is 5.97 Å². The van der Waals surface area contributed by atoms with Gasteiger partial charge in [-0.25, -0.2) is 4.98 Å². The van der Waals surface area contributed by atoms with Crippen molar-refractivity contribution in [3.63, 3.8) is 0 Å². The molecule has 1 aromatic rings. The normalized spacial score (nSPS) is 10.4. The van der Waals surface area contributed by atoms with Crippen molar-refractivity contribution in [1.29, 1.82) is 0 Å². The molecule has 0 saturated heterocycles. The quantitative estimate of drug-likeness (QED) is 0.554. The maximum Gasteiger partial charge on any atom is 0.307 e. The van der Waals surface area contributed by atoms with Gasteiger partial charge in [-0.05, 0) is 13.0 Å². The number of hydrogen-bond acceptors (Lipinski definition) is 4. The molecule has 0 radical (unpaired) electrons. The molecule has 0 amide bonds. The average molecular weight is 225 g/mol. The molecule has 90 valence electrons. The van der Waals surface area contributed by atoms with Gasteiger partial charge in [-0.1, -0.05) is 6.92 Å². The molecule has 0 aromatic carbocycles. The number of carbonyl (C=O) groups excluding carboxylic acids is 1. The second-order valence-corrected chi connectivity index (χ2v) is 3.54. The lowest BCUT2D eigenvalue weighted by molar-refractivity contribution is -0.140. The number of nitrogens with one attached hydrogen (secondary N) is 1. The van der Waals surface area contributed by atoms with Crippen molar-refractivity contribution in [1.82, 2.24) is 14.9 Å². The van der Waals surface area contributed by atoms with Crippen LogP contribution in [0.3, 0.4) is 0 Å². The molecule has 1 aromatic heterocycles. The van der Waals surface area contributed by atoms with E-state index in [0.717, 1.165) is 25.3 Å².